The number of ether oxygens (including phenoxy) is 4. The van der Waals surface area contributed by atoms with Gasteiger partial charge in [0.15, 0.2) is 12.6 Å². The second-order valence-electron chi connectivity index (χ2n) is 6.71. The summed E-state index contributed by atoms with van der Waals surface area (Å²) in [6, 6.07) is 0. The lowest BCUT2D eigenvalue weighted by molar-refractivity contribution is -0.129. The van der Waals surface area contributed by atoms with Crippen molar-refractivity contribution < 1.29 is 29.2 Å². The van der Waals surface area contributed by atoms with Gasteiger partial charge in [-0.05, 0) is 50.7 Å². The standard InChI is InChI=1S/C20H34O6/c1-15(2)6-5-7-16-8-9-17(11-25-19(21)13-23-3)18(10-16)12-26-20(22)14-24-4/h6,8,19-22H,5,7,9-14H2,1-4H3. The molecular formula is C20H34O6. The molecule has 0 bridgehead atoms. The van der Waals surface area contributed by atoms with Crippen LogP contribution in [0.5, 0.6) is 0 Å². The molecule has 0 amide bonds. The van der Waals surface area contributed by atoms with E-state index < -0.39 is 12.6 Å². The van der Waals surface area contributed by atoms with Crippen molar-refractivity contribution in [3.05, 3.63) is 34.4 Å². The molecule has 0 radical (unpaired) electrons. The topological polar surface area (TPSA) is 77.4 Å². The number of allylic oxidation sites excluding steroid dienone is 4. The molecule has 2 atom stereocenters. The van der Waals surface area contributed by atoms with E-state index in [9.17, 15) is 10.2 Å². The molecule has 0 saturated carbocycles. The SMILES string of the molecule is COCC(O)OCC1=C(COC(O)COC)CC(CCC=C(C)C)=CC1. The number of methoxy groups -OCH3 is 2. The van der Waals surface area contributed by atoms with Crippen LogP contribution in [0.4, 0.5) is 0 Å². The highest BCUT2D eigenvalue weighted by Gasteiger charge is 2.17. The minimum absolute atomic E-state index is 0.134. The van der Waals surface area contributed by atoms with Gasteiger partial charge in [0.25, 0.3) is 0 Å². The van der Waals surface area contributed by atoms with Gasteiger partial charge in [-0.2, -0.15) is 0 Å². The summed E-state index contributed by atoms with van der Waals surface area (Å²) in [6.45, 7) is 5.12. The van der Waals surface area contributed by atoms with Crippen LogP contribution in [0.1, 0.15) is 39.5 Å². The smallest absolute Gasteiger partial charge is 0.178 e. The molecule has 1 aliphatic rings. The maximum absolute atomic E-state index is 9.74. The largest absolute Gasteiger partial charge is 0.379 e. The first kappa shape index (κ1) is 23.0. The quantitative estimate of drug-likeness (QED) is 0.383. The molecule has 6 heteroatoms. The molecule has 2 N–H and O–H groups in total. The van der Waals surface area contributed by atoms with Crippen molar-refractivity contribution >= 4 is 0 Å². The average Bonchev–Trinajstić information content (AvgIpc) is 2.59. The maximum atomic E-state index is 9.74. The van der Waals surface area contributed by atoms with E-state index in [0.29, 0.717) is 13.2 Å². The summed E-state index contributed by atoms with van der Waals surface area (Å²) in [7, 11) is 3.04. The fourth-order valence-corrected chi connectivity index (χ4v) is 2.71. The summed E-state index contributed by atoms with van der Waals surface area (Å²) in [4.78, 5) is 0. The molecule has 1 aliphatic carbocycles. The summed E-state index contributed by atoms with van der Waals surface area (Å²) in [6.07, 6.45) is 6.17. The number of hydrogen-bond acceptors (Lipinski definition) is 6. The molecule has 0 aliphatic heterocycles. The van der Waals surface area contributed by atoms with Crippen LogP contribution in [-0.4, -0.2) is 63.4 Å². The Balaban J connectivity index is 2.66. The van der Waals surface area contributed by atoms with Gasteiger partial charge >= 0.3 is 0 Å². The second kappa shape index (κ2) is 13.2. The molecule has 0 heterocycles. The van der Waals surface area contributed by atoms with E-state index in [1.807, 2.05) is 0 Å². The highest BCUT2D eigenvalue weighted by atomic mass is 16.6. The summed E-state index contributed by atoms with van der Waals surface area (Å²) in [5.74, 6) is 0. The van der Waals surface area contributed by atoms with Gasteiger partial charge in [0, 0.05) is 14.2 Å². The Kier molecular flexibility index (Phi) is 11.7. The van der Waals surface area contributed by atoms with Gasteiger partial charge < -0.3 is 29.2 Å². The third-order valence-corrected chi connectivity index (χ3v) is 4.11. The first-order valence-electron chi connectivity index (χ1n) is 9.04. The summed E-state index contributed by atoms with van der Waals surface area (Å²) in [5.41, 5.74) is 4.86. The van der Waals surface area contributed by atoms with Gasteiger partial charge in [0.05, 0.1) is 26.4 Å². The molecule has 0 saturated heterocycles. The molecule has 6 nitrogen and oxygen atoms in total. The minimum Gasteiger partial charge on any atom is -0.379 e. The zero-order valence-corrected chi connectivity index (χ0v) is 16.5. The summed E-state index contributed by atoms with van der Waals surface area (Å²) >= 11 is 0. The Morgan fingerprint density at radius 2 is 1.62 bits per heavy atom. The van der Waals surface area contributed by atoms with Crippen LogP contribution in [0.25, 0.3) is 0 Å². The highest BCUT2D eigenvalue weighted by molar-refractivity contribution is 5.30. The third kappa shape index (κ3) is 9.62. The molecule has 26 heavy (non-hydrogen) atoms. The van der Waals surface area contributed by atoms with E-state index in [4.69, 9.17) is 18.9 Å². The first-order chi connectivity index (χ1) is 12.5. The van der Waals surface area contributed by atoms with Crippen molar-refractivity contribution in [1.82, 2.24) is 0 Å². The van der Waals surface area contributed by atoms with E-state index in [2.05, 4.69) is 26.0 Å². The van der Waals surface area contributed by atoms with E-state index in [1.54, 1.807) is 0 Å². The Hall–Kier alpha value is -1.02. The van der Waals surface area contributed by atoms with Crippen LogP contribution >= 0.6 is 0 Å². The van der Waals surface area contributed by atoms with E-state index in [1.165, 1.54) is 25.4 Å². The van der Waals surface area contributed by atoms with Gasteiger partial charge in [0.1, 0.15) is 0 Å². The van der Waals surface area contributed by atoms with Gasteiger partial charge in [-0.25, -0.2) is 0 Å². The van der Waals surface area contributed by atoms with Crippen LogP contribution in [0.15, 0.2) is 34.4 Å². The maximum Gasteiger partial charge on any atom is 0.178 e. The zero-order valence-electron chi connectivity index (χ0n) is 16.5. The van der Waals surface area contributed by atoms with Gasteiger partial charge in [-0.3, -0.25) is 0 Å². The van der Waals surface area contributed by atoms with E-state index in [0.717, 1.165) is 36.8 Å². The zero-order chi connectivity index (χ0) is 19.4. The lowest BCUT2D eigenvalue weighted by Crippen LogP contribution is -2.23. The fourth-order valence-electron chi connectivity index (χ4n) is 2.71. The predicted octanol–water partition coefficient (Wildman–Crippen LogP) is 2.71. The van der Waals surface area contributed by atoms with Crippen LogP contribution < -0.4 is 0 Å². The Bertz CT molecular complexity index is 491. The molecule has 0 spiro atoms. The lowest BCUT2D eigenvalue weighted by atomic mass is 9.90. The molecule has 0 aromatic carbocycles. The van der Waals surface area contributed by atoms with Crippen LogP contribution in [0.2, 0.25) is 0 Å². The average molecular weight is 370 g/mol. The highest BCUT2D eigenvalue weighted by Crippen LogP contribution is 2.28. The van der Waals surface area contributed by atoms with Crippen molar-refractivity contribution in [3.63, 3.8) is 0 Å². The van der Waals surface area contributed by atoms with Crippen molar-refractivity contribution in [2.24, 2.45) is 0 Å². The van der Waals surface area contributed by atoms with Crippen LogP contribution in [-0.2, 0) is 18.9 Å². The number of aliphatic hydroxyl groups excluding tert-OH is 2. The van der Waals surface area contributed by atoms with E-state index in [-0.39, 0.29) is 13.2 Å². The Labute approximate surface area is 157 Å². The van der Waals surface area contributed by atoms with Crippen molar-refractivity contribution in [3.8, 4) is 0 Å². The predicted molar refractivity (Wildman–Crippen MR) is 101 cm³/mol. The molecule has 150 valence electrons. The molecule has 0 aromatic heterocycles. The van der Waals surface area contributed by atoms with Crippen molar-refractivity contribution in [2.45, 2.75) is 52.1 Å². The van der Waals surface area contributed by atoms with Gasteiger partial charge in [-0.15, -0.1) is 0 Å². The third-order valence-electron chi connectivity index (χ3n) is 4.11. The summed E-state index contributed by atoms with van der Waals surface area (Å²) in [5, 5.41) is 19.4. The fraction of sp³-hybridized carbons (Fsp3) is 0.700. The first-order valence-corrected chi connectivity index (χ1v) is 9.04. The molecule has 0 fully saturated rings. The lowest BCUT2D eigenvalue weighted by Gasteiger charge is -2.23. The monoisotopic (exact) mass is 370 g/mol. The van der Waals surface area contributed by atoms with E-state index >= 15 is 0 Å². The number of rotatable bonds is 13. The Morgan fingerprint density at radius 1 is 1.04 bits per heavy atom. The van der Waals surface area contributed by atoms with Crippen LogP contribution in [0, 0.1) is 0 Å². The van der Waals surface area contributed by atoms with Crippen molar-refractivity contribution in [1.29, 1.82) is 0 Å². The minimum atomic E-state index is -0.950. The van der Waals surface area contributed by atoms with Gasteiger partial charge in [0.2, 0.25) is 0 Å². The van der Waals surface area contributed by atoms with Crippen molar-refractivity contribution in [2.75, 3.05) is 40.6 Å². The molecule has 1 rings (SSSR count). The molecule has 2 unspecified atom stereocenters. The molecular weight excluding hydrogens is 336 g/mol. The number of hydrogen-bond donors (Lipinski definition) is 2. The normalized spacial score (nSPS) is 17.1. The number of aliphatic hydroxyl groups is 2. The van der Waals surface area contributed by atoms with Crippen LogP contribution in [0.3, 0.4) is 0 Å². The Morgan fingerprint density at radius 3 is 2.15 bits per heavy atom. The molecule has 0 aromatic rings. The second-order valence-corrected chi connectivity index (χ2v) is 6.71. The van der Waals surface area contributed by atoms with Gasteiger partial charge in [-0.1, -0.05) is 23.3 Å². The summed E-state index contributed by atoms with van der Waals surface area (Å²) < 4.78 is 20.7.